The molecule has 0 saturated carbocycles. The van der Waals surface area contributed by atoms with Crippen molar-refractivity contribution >= 4 is 11.8 Å². The summed E-state index contributed by atoms with van der Waals surface area (Å²) in [4.78, 5) is 5.53. The molecule has 0 radical (unpaired) electrons. The summed E-state index contributed by atoms with van der Waals surface area (Å²) in [6.45, 7) is 5.15. The third kappa shape index (κ3) is 3.08. The zero-order valence-electron chi connectivity index (χ0n) is 10.8. The molecule has 0 bridgehead atoms. The van der Waals surface area contributed by atoms with E-state index in [1.165, 1.54) is 0 Å². The lowest BCUT2D eigenvalue weighted by atomic mass is 10.2. The van der Waals surface area contributed by atoms with Crippen molar-refractivity contribution in [2.75, 3.05) is 6.54 Å². The summed E-state index contributed by atoms with van der Waals surface area (Å²) in [7, 11) is 1.93. The van der Waals surface area contributed by atoms with Gasteiger partial charge in [-0.25, -0.2) is 0 Å². The molecule has 0 aliphatic rings. The van der Waals surface area contributed by atoms with Crippen molar-refractivity contribution in [3.8, 4) is 0 Å². The average Bonchev–Trinajstić information content (AvgIpc) is 2.76. The Balaban J connectivity index is 2.06. The summed E-state index contributed by atoms with van der Waals surface area (Å²) in [6.07, 6.45) is 3.57. The van der Waals surface area contributed by atoms with Gasteiger partial charge in [0, 0.05) is 24.2 Å². The second-order valence-corrected chi connectivity index (χ2v) is 5.07. The molecule has 0 aliphatic heterocycles. The fraction of sp³-hybridized carbons (Fsp3) is 0.417. The minimum atomic E-state index is 0.281. The van der Waals surface area contributed by atoms with Crippen molar-refractivity contribution in [3.05, 3.63) is 30.4 Å². The van der Waals surface area contributed by atoms with E-state index >= 15 is 0 Å². The maximum Gasteiger partial charge on any atom is 0.195 e. The highest BCUT2D eigenvalue weighted by Crippen LogP contribution is 2.25. The summed E-state index contributed by atoms with van der Waals surface area (Å²) >= 11 is 1.56. The van der Waals surface area contributed by atoms with Crippen LogP contribution in [0.4, 0.5) is 0 Å². The Morgan fingerprint density at radius 1 is 1.44 bits per heavy atom. The van der Waals surface area contributed by atoms with Crippen LogP contribution in [0, 0.1) is 0 Å². The highest BCUT2D eigenvalue weighted by atomic mass is 32.2. The van der Waals surface area contributed by atoms with Crippen LogP contribution >= 0.6 is 11.8 Å². The first-order valence-electron chi connectivity index (χ1n) is 5.92. The van der Waals surface area contributed by atoms with E-state index in [1.807, 2.05) is 23.9 Å². The normalized spacial score (nSPS) is 12.6. The summed E-state index contributed by atoms with van der Waals surface area (Å²) in [5.41, 5.74) is 1.05. The fourth-order valence-electron chi connectivity index (χ4n) is 1.59. The molecule has 2 rings (SSSR count). The number of pyridine rings is 1. The van der Waals surface area contributed by atoms with E-state index in [1.54, 1.807) is 18.1 Å². The largest absolute Gasteiger partial charge is 0.311 e. The molecule has 0 fully saturated rings. The molecule has 0 spiro atoms. The smallest absolute Gasteiger partial charge is 0.195 e. The standard InChI is InChI=1S/C12H17N5S/c1-4-13-9(2)11-6-5-10(7-14-11)18-12-16-15-8-17(12)3/h5-9,13H,4H2,1-3H3. The minimum Gasteiger partial charge on any atom is -0.311 e. The Kier molecular flexibility index (Phi) is 4.33. The number of aromatic nitrogens is 4. The number of nitrogens with one attached hydrogen (secondary N) is 1. The van der Waals surface area contributed by atoms with Gasteiger partial charge in [0.2, 0.25) is 0 Å². The maximum absolute atomic E-state index is 4.47. The third-order valence-electron chi connectivity index (χ3n) is 2.59. The molecule has 0 aromatic carbocycles. The van der Waals surface area contributed by atoms with Crippen LogP contribution in [-0.2, 0) is 7.05 Å². The molecule has 2 aromatic rings. The molecule has 0 amide bonds. The van der Waals surface area contributed by atoms with Crippen LogP contribution in [-0.4, -0.2) is 26.3 Å². The SMILES string of the molecule is CCNC(C)c1ccc(Sc2nncn2C)cn1. The molecule has 0 saturated heterocycles. The Labute approximate surface area is 111 Å². The van der Waals surface area contributed by atoms with E-state index in [0.717, 1.165) is 22.3 Å². The van der Waals surface area contributed by atoms with Crippen molar-refractivity contribution in [1.82, 2.24) is 25.1 Å². The monoisotopic (exact) mass is 263 g/mol. The number of rotatable bonds is 5. The average molecular weight is 263 g/mol. The zero-order chi connectivity index (χ0) is 13.0. The van der Waals surface area contributed by atoms with Gasteiger partial charge in [-0.1, -0.05) is 6.92 Å². The molecule has 96 valence electrons. The van der Waals surface area contributed by atoms with Gasteiger partial charge in [0.15, 0.2) is 5.16 Å². The Hall–Kier alpha value is -1.40. The van der Waals surface area contributed by atoms with Crippen LogP contribution in [0.15, 0.2) is 34.7 Å². The van der Waals surface area contributed by atoms with Crippen molar-refractivity contribution in [2.24, 2.45) is 7.05 Å². The topological polar surface area (TPSA) is 55.6 Å². The highest BCUT2D eigenvalue weighted by Gasteiger charge is 2.07. The Morgan fingerprint density at radius 3 is 2.83 bits per heavy atom. The fourth-order valence-corrected chi connectivity index (χ4v) is 2.32. The molecule has 1 unspecified atom stereocenters. The van der Waals surface area contributed by atoms with Crippen LogP contribution in [0.2, 0.25) is 0 Å². The maximum atomic E-state index is 4.47. The van der Waals surface area contributed by atoms with Crippen molar-refractivity contribution in [2.45, 2.75) is 29.9 Å². The van der Waals surface area contributed by atoms with Crippen LogP contribution in [0.25, 0.3) is 0 Å². The zero-order valence-corrected chi connectivity index (χ0v) is 11.6. The van der Waals surface area contributed by atoms with Crippen molar-refractivity contribution in [1.29, 1.82) is 0 Å². The first-order valence-corrected chi connectivity index (χ1v) is 6.73. The molecule has 2 aromatic heterocycles. The van der Waals surface area contributed by atoms with E-state index in [4.69, 9.17) is 0 Å². The van der Waals surface area contributed by atoms with Gasteiger partial charge in [-0.2, -0.15) is 0 Å². The molecule has 6 heteroatoms. The number of hydrogen-bond donors (Lipinski definition) is 1. The first-order chi connectivity index (χ1) is 8.70. The minimum absolute atomic E-state index is 0.281. The van der Waals surface area contributed by atoms with E-state index in [9.17, 15) is 0 Å². The van der Waals surface area contributed by atoms with Crippen molar-refractivity contribution in [3.63, 3.8) is 0 Å². The Bertz CT molecular complexity index is 493. The lowest BCUT2D eigenvalue weighted by Gasteiger charge is -2.11. The number of aryl methyl sites for hydroxylation is 1. The predicted octanol–water partition coefficient (Wildman–Crippen LogP) is 2.03. The quantitative estimate of drug-likeness (QED) is 0.894. The first kappa shape index (κ1) is 13.0. The van der Waals surface area contributed by atoms with Gasteiger partial charge in [0.05, 0.1) is 5.69 Å². The molecule has 0 aliphatic carbocycles. The highest BCUT2D eigenvalue weighted by molar-refractivity contribution is 7.99. The summed E-state index contributed by atoms with van der Waals surface area (Å²) in [5.74, 6) is 0. The van der Waals surface area contributed by atoms with Crippen LogP contribution in [0.1, 0.15) is 25.6 Å². The van der Waals surface area contributed by atoms with Gasteiger partial charge in [0.1, 0.15) is 6.33 Å². The molecule has 2 heterocycles. The van der Waals surface area contributed by atoms with E-state index in [2.05, 4.69) is 40.4 Å². The Morgan fingerprint density at radius 2 is 2.28 bits per heavy atom. The second-order valence-electron chi connectivity index (χ2n) is 4.02. The van der Waals surface area contributed by atoms with E-state index in [0.29, 0.717) is 0 Å². The molecule has 1 atom stereocenters. The van der Waals surface area contributed by atoms with Gasteiger partial charge >= 0.3 is 0 Å². The van der Waals surface area contributed by atoms with Gasteiger partial charge in [-0.05, 0) is 37.4 Å². The molecular formula is C12H17N5S. The van der Waals surface area contributed by atoms with Gasteiger partial charge in [0.25, 0.3) is 0 Å². The lowest BCUT2D eigenvalue weighted by molar-refractivity contribution is 0.582. The van der Waals surface area contributed by atoms with Crippen LogP contribution < -0.4 is 5.32 Å². The van der Waals surface area contributed by atoms with Gasteiger partial charge in [-0.15, -0.1) is 10.2 Å². The van der Waals surface area contributed by atoms with Crippen molar-refractivity contribution < 1.29 is 0 Å². The summed E-state index contributed by atoms with van der Waals surface area (Å²) in [5, 5.41) is 12.1. The van der Waals surface area contributed by atoms with Crippen LogP contribution in [0.3, 0.4) is 0 Å². The predicted molar refractivity (Wildman–Crippen MR) is 71.5 cm³/mol. The third-order valence-corrected chi connectivity index (χ3v) is 3.62. The molecule has 1 N–H and O–H groups in total. The second kappa shape index (κ2) is 5.97. The van der Waals surface area contributed by atoms with Gasteiger partial charge < -0.3 is 9.88 Å². The molecule has 5 nitrogen and oxygen atoms in total. The number of nitrogens with zero attached hydrogens (tertiary/aromatic N) is 4. The molecule has 18 heavy (non-hydrogen) atoms. The number of hydrogen-bond acceptors (Lipinski definition) is 5. The van der Waals surface area contributed by atoms with Gasteiger partial charge in [-0.3, -0.25) is 4.98 Å². The lowest BCUT2D eigenvalue weighted by Crippen LogP contribution is -2.18. The molecular weight excluding hydrogens is 246 g/mol. The van der Waals surface area contributed by atoms with E-state index in [-0.39, 0.29) is 6.04 Å². The van der Waals surface area contributed by atoms with Crippen LogP contribution in [0.5, 0.6) is 0 Å². The van der Waals surface area contributed by atoms with E-state index < -0.39 is 0 Å². The summed E-state index contributed by atoms with van der Waals surface area (Å²) in [6, 6.07) is 4.39. The summed E-state index contributed by atoms with van der Waals surface area (Å²) < 4.78 is 1.89.